The molecular formula is C18H15NO. The molecular weight excluding hydrogens is 246 g/mol. The highest BCUT2D eigenvalue weighted by atomic mass is 16.1. The number of benzene rings is 3. The monoisotopic (exact) mass is 261 g/mol. The van der Waals surface area contributed by atoms with Gasteiger partial charge in [-0.2, -0.15) is 0 Å². The minimum absolute atomic E-state index is 0.0428. The number of carbonyl (C=O) groups is 1. The Hall–Kier alpha value is -2.61. The van der Waals surface area contributed by atoms with Crippen molar-refractivity contribution in [2.45, 2.75) is 6.54 Å². The van der Waals surface area contributed by atoms with Crippen molar-refractivity contribution in [3.05, 3.63) is 83.9 Å². The lowest BCUT2D eigenvalue weighted by molar-refractivity contribution is 0.0951. The van der Waals surface area contributed by atoms with Crippen LogP contribution in [0.15, 0.2) is 72.8 Å². The summed E-state index contributed by atoms with van der Waals surface area (Å²) in [4.78, 5) is 12.0. The molecule has 20 heavy (non-hydrogen) atoms. The van der Waals surface area contributed by atoms with Crippen LogP contribution in [-0.4, -0.2) is 5.91 Å². The van der Waals surface area contributed by atoms with E-state index in [4.69, 9.17) is 0 Å². The number of hydrogen-bond acceptors (Lipinski definition) is 1. The van der Waals surface area contributed by atoms with E-state index in [2.05, 4.69) is 29.6 Å². The summed E-state index contributed by atoms with van der Waals surface area (Å²) in [6.07, 6.45) is 0. The van der Waals surface area contributed by atoms with Gasteiger partial charge in [-0.25, -0.2) is 0 Å². The molecule has 0 fully saturated rings. The molecule has 1 amide bonds. The van der Waals surface area contributed by atoms with Gasteiger partial charge in [-0.3, -0.25) is 4.79 Å². The summed E-state index contributed by atoms with van der Waals surface area (Å²) >= 11 is 0. The van der Waals surface area contributed by atoms with Gasteiger partial charge < -0.3 is 5.32 Å². The normalized spacial score (nSPS) is 10.4. The first-order valence-corrected chi connectivity index (χ1v) is 6.64. The van der Waals surface area contributed by atoms with Crippen LogP contribution in [0.3, 0.4) is 0 Å². The molecule has 0 saturated heterocycles. The summed E-state index contributed by atoms with van der Waals surface area (Å²) < 4.78 is 0. The van der Waals surface area contributed by atoms with Crippen LogP contribution in [0, 0.1) is 0 Å². The smallest absolute Gasteiger partial charge is 0.251 e. The van der Waals surface area contributed by atoms with E-state index < -0.39 is 0 Å². The lowest BCUT2D eigenvalue weighted by Gasteiger charge is -2.06. The van der Waals surface area contributed by atoms with Gasteiger partial charge in [-0.15, -0.1) is 0 Å². The lowest BCUT2D eigenvalue weighted by atomic mass is 10.1. The Morgan fingerprint density at radius 1 is 0.800 bits per heavy atom. The fraction of sp³-hybridized carbons (Fsp3) is 0.0556. The molecule has 0 aliphatic heterocycles. The Labute approximate surface area is 118 Å². The van der Waals surface area contributed by atoms with Crippen molar-refractivity contribution in [1.82, 2.24) is 5.32 Å². The average Bonchev–Trinajstić information content (AvgIpc) is 2.53. The van der Waals surface area contributed by atoms with Crippen LogP contribution in [0.25, 0.3) is 10.8 Å². The predicted molar refractivity (Wildman–Crippen MR) is 81.6 cm³/mol. The second kappa shape index (κ2) is 5.57. The molecule has 0 heterocycles. The van der Waals surface area contributed by atoms with Crippen molar-refractivity contribution in [1.29, 1.82) is 0 Å². The van der Waals surface area contributed by atoms with E-state index in [1.807, 2.05) is 48.5 Å². The summed E-state index contributed by atoms with van der Waals surface area (Å²) in [7, 11) is 0. The third-order valence-corrected chi connectivity index (χ3v) is 3.30. The van der Waals surface area contributed by atoms with Gasteiger partial charge in [0, 0.05) is 12.1 Å². The summed E-state index contributed by atoms with van der Waals surface area (Å²) in [5, 5.41) is 5.35. The molecule has 2 nitrogen and oxygen atoms in total. The fourth-order valence-electron chi connectivity index (χ4n) is 2.22. The maximum Gasteiger partial charge on any atom is 0.251 e. The van der Waals surface area contributed by atoms with Crippen LogP contribution in [0.4, 0.5) is 0 Å². The van der Waals surface area contributed by atoms with E-state index in [-0.39, 0.29) is 5.91 Å². The van der Waals surface area contributed by atoms with Crippen LogP contribution >= 0.6 is 0 Å². The number of carbonyl (C=O) groups excluding carboxylic acids is 1. The number of amides is 1. The highest BCUT2D eigenvalue weighted by Crippen LogP contribution is 2.15. The topological polar surface area (TPSA) is 29.1 Å². The molecule has 0 saturated carbocycles. The SMILES string of the molecule is O=C(NCc1ccc2ccccc2c1)c1ccccc1. The van der Waals surface area contributed by atoms with Gasteiger partial charge in [0.25, 0.3) is 5.91 Å². The van der Waals surface area contributed by atoms with E-state index in [1.165, 1.54) is 10.8 Å². The van der Waals surface area contributed by atoms with Gasteiger partial charge in [0.2, 0.25) is 0 Å². The lowest BCUT2D eigenvalue weighted by Crippen LogP contribution is -2.22. The zero-order chi connectivity index (χ0) is 13.8. The molecule has 3 aromatic rings. The minimum Gasteiger partial charge on any atom is -0.348 e. The molecule has 98 valence electrons. The third-order valence-electron chi connectivity index (χ3n) is 3.30. The van der Waals surface area contributed by atoms with Crippen LogP contribution in [0.5, 0.6) is 0 Å². The zero-order valence-electron chi connectivity index (χ0n) is 11.0. The van der Waals surface area contributed by atoms with Gasteiger partial charge in [0.1, 0.15) is 0 Å². The first kappa shape index (κ1) is 12.4. The quantitative estimate of drug-likeness (QED) is 0.764. The van der Waals surface area contributed by atoms with Gasteiger partial charge in [-0.1, -0.05) is 54.6 Å². The maximum atomic E-state index is 12.0. The number of fused-ring (bicyclic) bond motifs is 1. The Morgan fingerprint density at radius 2 is 1.50 bits per heavy atom. The summed E-state index contributed by atoms with van der Waals surface area (Å²) in [5.41, 5.74) is 1.79. The second-order valence-electron chi connectivity index (χ2n) is 4.73. The van der Waals surface area contributed by atoms with Crippen LogP contribution in [-0.2, 0) is 6.54 Å². The van der Waals surface area contributed by atoms with Crippen LogP contribution in [0.1, 0.15) is 15.9 Å². The average molecular weight is 261 g/mol. The molecule has 0 spiro atoms. The summed E-state index contributed by atoms with van der Waals surface area (Å²) in [5.74, 6) is -0.0428. The van der Waals surface area contributed by atoms with Crippen molar-refractivity contribution in [3.8, 4) is 0 Å². The first-order valence-electron chi connectivity index (χ1n) is 6.64. The van der Waals surface area contributed by atoms with Gasteiger partial charge >= 0.3 is 0 Å². The number of rotatable bonds is 3. The van der Waals surface area contributed by atoms with Crippen LogP contribution in [0.2, 0.25) is 0 Å². The predicted octanol–water partition coefficient (Wildman–Crippen LogP) is 3.77. The molecule has 0 aliphatic rings. The molecule has 0 atom stereocenters. The Bertz CT molecular complexity index is 735. The highest BCUT2D eigenvalue weighted by Gasteiger charge is 2.04. The molecule has 3 rings (SSSR count). The van der Waals surface area contributed by atoms with Crippen molar-refractivity contribution in [2.75, 3.05) is 0 Å². The number of hydrogen-bond donors (Lipinski definition) is 1. The van der Waals surface area contributed by atoms with Gasteiger partial charge in [0.15, 0.2) is 0 Å². The molecule has 0 bridgehead atoms. The summed E-state index contributed by atoms with van der Waals surface area (Å²) in [6, 6.07) is 23.7. The third kappa shape index (κ3) is 2.69. The fourth-order valence-corrected chi connectivity index (χ4v) is 2.22. The Balaban J connectivity index is 1.72. The molecule has 0 aromatic heterocycles. The van der Waals surface area contributed by atoms with Crippen molar-refractivity contribution < 1.29 is 4.79 Å². The van der Waals surface area contributed by atoms with E-state index in [0.717, 1.165) is 5.56 Å². The van der Waals surface area contributed by atoms with Crippen molar-refractivity contribution >= 4 is 16.7 Å². The highest BCUT2D eigenvalue weighted by molar-refractivity contribution is 5.94. The molecule has 0 radical (unpaired) electrons. The van der Waals surface area contributed by atoms with E-state index in [9.17, 15) is 4.79 Å². The molecule has 0 unspecified atom stereocenters. The first-order chi connectivity index (χ1) is 9.83. The van der Waals surface area contributed by atoms with E-state index >= 15 is 0 Å². The minimum atomic E-state index is -0.0428. The van der Waals surface area contributed by atoms with E-state index in [1.54, 1.807) is 0 Å². The largest absolute Gasteiger partial charge is 0.348 e. The van der Waals surface area contributed by atoms with Gasteiger partial charge in [0.05, 0.1) is 0 Å². The van der Waals surface area contributed by atoms with Crippen LogP contribution < -0.4 is 5.32 Å². The van der Waals surface area contributed by atoms with Gasteiger partial charge in [-0.05, 0) is 34.5 Å². The molecule has 1 N–H and O–H groups in total. The standard InChI is InChI=1S/C18H15NO/c20-18(16-7-2-1-3-8-16)19-13-14-10-11-15-6-4-5-9-17(15)12-14/h1-12H,13H2,(H,19,20). The zero-order valence-corrected chi connectivity index (χ0v) is 11.0. The second-order valence-corrected chi connectivity index (χ2v) is 4.73. The molecule has 3 aromatic carbocycles. The Morgan fingerprint density at radius 3 is 2.30 bits per heavy atom. The number of nitrogens with one attached hydrogen (secondary N) is 1. The van der Waals surface area contributed by atoms with Crippen molar-refractivity contribution in [2.24, 2.45) is 0 Å². The van der Waals surface area contributed by atoms with Crippen molar-refractivity contribution in [3.63, 3.8) is 0 Å². The Kier molecular flexibility index (Phi) is 3.46. The molecule has 2 heteroatoms. The maximum absolute atomic E-state index is 12.0. The van der Waals surface area contributed by atoms with E-state index in [0.29, 0.717) is 12.1 Å². The summed E-state index contributed by atoms with van der Waals surface area (Å²) in [6.45, 7) is 0.540. The molecule has 0 aliphatic carbocycles.